The maximum atomic E-state index is 9.06. The van der Waals surface area contributed by atoms with E-state index in [1.54, 1.807) is 12.1 Å². The molecule has 0 atom stereocenters. The lowest BCUT2D eigenvalue weighted by molar-refractivity contribution is 0.284. The summed E-state index contributed by atoms with van der Waals surface area (Å²) in [6, 6.07) is 5.54. The SMILES string of the molecule is N#Cc1cc(N)cc2c(CO)csc12. The number of hydrogen-bond donors (Lipinski definition) is 2. The van der Waals surface area contributed by atoms with Crippen molar-refractivity contribution in [1.29, 1.82) is 5.26 Å². The molecule has 0 saturated heterocycles. The topological polar surface area (TPSA) is 70.0 Å². The molecule has 0 aliphatic heterocycles. The van der Waals surface area contributed by atoms with E-state index in [1.807, 2.05) is 5.38 Å². The number of nitriles is 1. The van der Waals surface area contributed by atoms with Crippen LogP contribution in [-0.2, 0) is 6.61 Å². The van der Waals surface area contributed by atoms with E-state index >= 15 is 0 Å². The first kappa shape index (κ1) is 9.00. The summed E-state index contributed by atoms with van der Waals surface area (Å²) in [5.41, 5.74) is 7.61. The van der Waals surface area contributed by atoms with Crippen LogP contribution >= 0.6 is 11.3 Å². The minimum absolute atomic E-state index is 0.0195. The van der Waals surface area contributed by atoms with Crippen LogP contribution in [0.15, 0.2) is 17.5 Å². The molecular formula is C10H8N2OS. The molecule has 2 rings (SSSR count). The lowest BCUT2D eigenvalue weighted by Crippen LogP contribution is -1.87. The van der Waals surface area contributed by atoms with Gasteiger partial charge in [0.1, 0.15) is 6.07 Å². The number of aliphatic hydroxyl groups excluding tert-OH is 1. The highest BCUT2D eigenvalue weighted by Gasteiger charge is 2.08. The molecule has 0 fully saturated rings. The zero-order valence-electron chi connectivity index (χ0n) is 7.32. The summed E-state index contributed by atoms with van der Waals surface area (Å²) in [4.78, 5) is 0. The summed E-state index contributed by atoms with van der Waals surface area (Å²) in [5.74, 6) is 0. The summed E-state index contributed by atoms with van der Waals surface area (Å²) < 4.78 is 0.894. The Balaban J connectivity index is 2.85. The Hall–Kier alpha value is -1.57. The second kappa shape index (κ2) is 3.29. The monoisotopic (exact) mass is 204 g/mol. The Morgan fingerprint density at radius 3 is 2.93 bits per heavy atom. The van der Waals surface area contributed by atoms with E-state index in [1.165, 1.54) is 11.3 Å². The summed E-state index contributed by atoms with van der Waals surface area (Å²) in [6.07, 6.45) is 0. The largest absolute Gasteiger partial charge is 0.399 e. The molecule has 0 unspecified atom stereocenters. The first-order valence-corrected chi connectivity index (χ1v) is 4.94. The molecule has 0 saturated carbocycles. The number of aliphatic hydroxyl groups is 1. The molecule has 4 heteroatoms. The number of benzene rings is 1. The van der Waals surface area contributed by atoms with Crippen LogP contribution in [0.2, 0.25) is 0 Å². The van der Waals surface area contributed by atoms with Gasteiger partial charge in [-0.1, -0.05) is 0 Å². The van der Waals surface area contributed by atoms with Crippen molar-refractivity contribution in [2.45, 2.75) is 6.61 Å². The molecule has 0 aliphatic rings. The van der Waals surface area contributed by atoms with Crippen molar-refractivity contribution in [3.05, 3.63) is 28.6 Å². The van der Waals surface area contributed by atoms with Gasteiger partial charge in [0.2, 0.25) is 0 Å². The summed E-state index contributed by atoms with van der Waals surface area (Å²) >= 11 is 1.46. The van der Waals surface area contributed by atoms with Crippen LogP contribution in [0.1, 0.15) is 11.1 Å². The van der Waals surface area contributed by atoms with E-state index in [-0.39, 0.29) is 6.61 Å². The molecule has 14 heavy (non-hydrogen) atoms. The number of fused-ring (bicyclic) bond motifs is 1. The van der Waals surface area contributed by atoms with Crippen LogP contribution in [0, 0.1) is 11.3 Å². The van der Waals surface area contributed by atoms with Crippen molar-refractivity contribution in [2.24, 2.45) is 0 Å². The van der Waals surface area contributed by atoms with Crippen molar-refractivity contribution in [3.8, 4) is 6.07 Å². The molecule has 1 aromatic carbocycles. The Kier molecular flexibility index (Phi) is 2.12. The highest BCUT2D eigenvalue weighted by atomic mass is 32.1. The van der Waals surface area contributed by atoms with Gasteiger partial charge in [0.25, 0.3) is 0 Å². The molecule has 1 aromatic heterocycles. The van der Waals surface area contributed by atoms with Gasteiger partial charge in [-0.25, -0.2) is 0 Å². The average Bonchev–Trinajstić information content (AvgIpc) is 2.59. The van der Waals surface area contributed by atoms with E-state index < -0.39 is 0 Å². The van der Waals surface area contributed by atoms with Gasteiger partial charge in [0, 0.05) is 11.1 Å². The Labute approximate surface area is 85.0 Å². The van der Waals surface area contributed by atoms with Gasteiger partial charge in [-0.05, 0) is 23.1 Å². The van der Waals surface area contributed by atoms with Gasteiger partial charge in [0.05, 0.1) is 16.9 Å². The van der Waals surface area contributed by atoms with E-state index in [0.29, 0.717) is 11.3 Å². The van der Waals surface area contributed by atoms with Gasteiger partial charge in [-0.3, -0.25) is 0 Å². The van der Waals surface area contributed by atoms with E-state index in [9.17, 15) is 0 Å². The standard InChI is InChI=1S/C10H8N2OS/c11-3-6-1-8(12)2-9-7(4-13)5-14-10(6)9/h1-2,5,13H,4,12H2. The number of thiophene rings is 1. The summed E-state index contributed by atoms with van der Waals surface area (Å²) in [6.45, 7) is -0.0195. The van der Waals surface area contributed by atoms with Gasteiger partial charge >= 0.3 is 0 Å². The molecule has 3 nitrogen and oxygen atoms in total. The molecule has 1 heterocycles. The third-order valence-electron chi connectivity index (χ3n) is 2.07. The van der Waals surface area contributed by atoms with E-state index in [2.05, 4.69) is 6.07 Å². The number of rotatable bonds is 1. The van der Waals surface area contributed by atoms with Crippen LogP contribution in [0.5, 0.6) is 0 Å². The maximum absolute atomic E-state index is 9.06. The minimum Gasteiger partial charge on any atom is -0.399 e. The summed E-state index contributed by atoms with van der Waals surface area (Å²) in [5, 5.41) is 20.7. The van der Waals surface area contributed by atoms with Gasteiger partial charge < -0.3 is 10.8 Å². The second-order valence-electron chi connectivity index (χ2n) is 2.98. The lowest BCUT2D eigenvalue weighted by Gasteiger charge is -1.98. The van der Waals surface area contributed by atoms with Crippen molar-refractivity contribution in [1.82, 2.24) is 0 Å². The van der Waals surface area contributed by atoms with Crippen molar-refractivity contribution >= 4 is 27.1 Å². The number of hydrogen-bond acceptors (Lipinski definition) is 4. The zero-order valence-corrected chi connectivity index (χ0v) is 8.14. The molecule has 0 spiro atoms. The smallest absolute Gasteiger partial charge is 0.101 e. The van der Waals surface area contributed by atoms with Crippen LogP contribution in [0.25, 0.3) is 10.1 Å². The predicted molar refractivity (Wildman–Crippen MR) is 56.9 cm³/mol. The Bertz CT molecular complexity index is 525. The third-order valence-corrected chi connectivity index (χ3v) is 3.14. The van der Waals surface area contributed by atoms with E-state index in [0.717, 1.165) is 15.6 Å². The molecule has 0 radical (unpaired) electrons. The fourth-order valence-corrected chi connectivity index (χ4v) is 2.43. The third kappa shape index (κ3) is 1.23. The number of nitrogens with zero attached hydrogens (tertiary/aromatic N) is 1. The summed E-state index contributed by atoms with van der Waals surface area (Å²) in [7, 11) is 0. The van der Waals surface area contributed by atoms with Crippen LogP contribution in [0.3, 0.4) is 0 Å². The van der Waals surface area contributed by atoms with Crippen molar-refractivity contribution in [3.63, 3.8) is 0 Å². The van der Waals surface area contributed by atoms with Crippen LogP contribution in [-0.4, -0.2) is 5.11 Å². The zero-order chi connectivity index (χ0) is 10.1. The quantitative estimate of drug-likeness (QED) is 0.696. The Morgan fingerprint density at radius 1 is 1.50 bits per heavy atom. The van der Waals surface area contributed by atoms with Crippen LogP contribution < -0.4 is 5.73 Å². The first-order valence-electron chi connectivity index (χ1n) is 4.07. The van der Waals surface area contributed by atoms with Gasteiger partial charge in [-0.15, -0.1) is 11.3 Å². The molecule has 70 valence electrons. The van der Waals surface area contributed by atoms with Crippen LogP contribution in [0.4, 0.5) is 5.69 Å². The number of nitrogens with two attached hydrogens (primary N) is 1. The fraction of sp³-hybridized carbons (Fsp3) is 0.100. The molecular weight excluding hydrogens is 196 g/mol. The predicted octanol–water partition coefficient (Wildman–Crippen LogP) is 1.85. The average molecular weight is 204 g/mol. The number of nitrogen functional groups attached to an aromatic ring is 1. The Morgan fingerprint density at radius 2 is 2.29 bits per heavy atom. The molecule has 0 amide bonds. The van der Waals surface area contributed by atoms with Crippen molar-refractivity contribution in [2.75, 3.05) is 5.73 Å². The number of anilines is 1. The maximum Gasteiger partial charge on any atom is 0.101 e. The molecule has 3 N–H and O–H groups in total. The highest BCUT2D eigenvalue weighted by molar-refractivity contribution is 7.17. The normalized spacial score (nSPS) is 10.3. The minimum atomic E-state index is -0.0195. The van der Waals surface area contributed by atoms with Gasteiger partial charge in [0.15, 0.2) is 0 Å². The van der Waals surface area contributed by atoms with Gasteiger partial charge in [-0.2, -0.15) is 5.26 Å². The van der Waals surface area contributed by atoms with E-state index in [4.69, 9.17) is 16.1 Å². The highest BCUT2D eigenvalue weighted by Crippen LogP contribution is 2.30. The molecule has 2 aromatic rings. The van der Waals surface area contributed by atoms with Crippen molar-refractivity contribution < 1.29 is 5.11 Å². The molecule has 0 bridgehead atoms. The first-order chi connectivity index (χ1) is 6.76. The fourth-order valence-electron chi connectivity index (χ4n) is 1.42. The molecule has 0 aliphatic carbocycles. The lowest BCUT2D eigenvalue weighted by atomic mass is 10.1. The second-order valence-corrected chi connectivity index (χ2v) is 3.86.